The molecule has 29 heavy (non-hydrogen) atoms. The number of carboxylic acids is 1. The first kappa shape index (κ1) is 22.0. The van der Waals surface area contributed by atoms with E-state index >= 15 is 0 Å². The van der Waals surface area contributed by atoms with Crippen LogP contribution in [0.4, 0.5) is 0 Å². The van der Waals surface area contributed by atoms with E-state index in [4.69, 9.17) is 5.53 Å². The number of carboxylic acid groups (broad SMARTS) is 1. The van der Waals surface area contributed by atoms with Crippen LogP contribution in [0.25, 0.3) is 16.4 Å². The molecule has 2 rings (SSSR count). The normalized spacial score (nSPS) is 13.3. The lowest BCUT2D eigenvalue weighted by molar-refractivity contribution is -0.142. The first-order valence-electron chi connectivity index (χ1n) is 8.60. The SMILES string of the molecule is CS(=O)(=O)[C@@H](Cc1c[nH]c2ccccc12)C(=O)N[C@@H](CCC(=O)C=[N+]=[N-])C(=O)O. The Morgan fingerprint density at radius 1 is 1.31 bits per heavy atom. The van der Waals surface area contributed by atoms with Crippen LogP contribution in [0.2, 0.25) is 0 Å². The van der Waals surface area contributed by atoms with Crippen molar-refractivity contribution in [3.63, 3.8) is 0 Å². The van der Waals surface area contributed by atoms with Gasteiger partial charge in [0.1, 0.15) is 11.3 Å². The van der Waals surface area contributed by atoms with Gasteiger partial charge in [0.25, 0.3) is 0 Å². The Kier molecular flexibility index (Phi) is 7.03. The highest BCUT2D eigenvalue weighted by atomic mass is 32.2. The van der Waals surface area contributed by atoms with Gasteiger partial charge in [0.05, 0.1) is 0 Å². The van der Waals surface area contributed by atoms with Crippen LogP contribution in [0.3, 0.4) is 0 Å². The van der Waals surface area contributed by atoms with Gasteiger partial charge in [-0.05, 0) is 18.1 Å². The number of para-hydroxylation sites is 1. The summed E-state index contributed by atoms with van der Waals surface area (Å²) in [4.78, 5) is 41.0. The Bertz CT molecular complexity index is 1080. The Balaban J connectivity index is 2.20. The number of hydrogen-bond acceptors (Lipinski definition) is 5. The first-order chi connectivity index (χ1) is 13.6. The molecule has 1 heterocycles. The van der Waals surface area contributed by atoms with Crippen molar-refractivity contribution in [2.75, 3.05) is 6.26 Å². The fraction of sp³-hybridized carbons (Fsp3) is 0.333. The Labute approximate surface area is 166 Å². The number of rotatable bonds is 10. The van der Waals surface area contributed by atoms with Crippen molar-refractivity contribution in [1.82, 2.24) is 10.3 Å². The topological polar surface area (TPSA) is 170 Å². The second kappa shape index (κ2) is 9.26. The molecule has 0 saturated heterocycles. The lowest BCUT2D eigenvalue weighted by Crippen LogP contribution is -2.48. The van der Waals surface area contributed by atoms with Gasteiger partial charge in [0, 0.05) is 36.2 Å². The molecule has 11 heteroatoms. The lowest BCUT2D eigenvalue weighted by Gasteiger charge is -2.19. The third-order valence-corrected chi connectivity index (χ3v) is 5.80. The van der Waals surface area contributed by atoms with Crippen molar-refractivity contribution in [1.29, 1.82) is 0 Å². The van der Waals surface area contributed by atoms with E-state index in [0.717, 1.165) is 17.2 Å². The number of sulfone groups is 1. The third-order valence-electron chi connectivity index (χ3n) is 4.39. The Hall–Kier alpha value is -3.30. The number of ketones is 1. The van der Waals surface area contributed by atoms with Crippen LogP contribution < -0.4 is 5.32 Å². The van der Waals surface area contributed by atoms with Gasteiger partial charge in [0.15, 0.2) is 9.84 Å². The summed E-state index contributed by atoms with van der Waals surface area (Å²) in [6.45, 7) is 0. The number of nitrogens with one attached hydrogen (secondary N) is 2. The maximum Gasteiger partial charge on any atom is 0.326 e. The predicted octanol–water partition coefficient (Wildman–Crippen LogP) is 0.343. The maximum atomic E-state index is 12.6. The Morgan fingerprint density at radius 2 is 2.00 bits per heavy atom. The summed E-state index contributed by atoms with van der Waals surface area (Å²) in [7, 11) is -3.86. The molecule has 0 saturated carbocycles. The number of hydrogen-bond donors (Lipinski definition) is 3. The highest BCUT2D eigenvalue weighted by Crippen LogP contribution is 2.21. The van der Waals surface area contributed by atoms with Crippen molar-refractivity contribution in [2.24, 2.45) is 0 Å². The van der Waals surface area contributed by atoms with Gasteiger partial charge in [-0.2, -0.15) is 4.79 Å². The molecule has 0 aliphatic rings. The molecule has 2 atom stereocenters. The van der Waals surface area contributed by atoms with Crippen molar-refractivity contribution in [3.05, 3.63) is 41.6 Å². The van der Waals surface area contributed by atoms with Crippen molar-refractivity contribution in [3.8, 4) is 0 Å². The molecule has 1 aromatic carbocycles. The zero-order valence-electron chi connectivity index (χ0n) is 15.5. The second-order valence-electron chi connectivity index (χ2n) is 6.53. The number of aliphatic carboxylic acids is 1. The molecule has 1 amide bonds. The molecular weight excluding hydrogens is 400 g/mol. The molecular formula is C18H20N4O6S. The zero-order chi connectivity index (χ0) is 21.6. The number of carbonyl (C=O) groups excluding carboxylic acids is 2. The fourth-order valence-corrected chi connectivity index (χ4v) is 3.82. The molecule has 1 aromatic heterocycles. The number of amides is 1. The minimum absolute atomic E-state index is 0.142. The zero-order valence-corrected chi connectivity index (χ0v) is 16.3. The van der Waals surface area contributed by atoms with E-state index in [-0.39, 0.29) is 19.3 Å². The monoisotopic (exact) mass is 420 g/mol. The molecule has 0 bridgehead atoms. The van der Waals surface area contributed by atoms with Crippen molar-refractivity contribution >= 4 is 44.6 Å². The highest BCUT2D eigenvalue weighted by molar-refractivity contribution is 7.92. The van der Waals surface area contributed by atoms with E-state index in [1.54, 1.807) is 18.3 Å². The van der Waals surface area contributed by atoms with Crippen LogP contribution in [0, 0.1) is 0 Å². The minimum Gasteiger partial charge on any atom is -0.480 e. The summed E-state index contributed by atoms with van der Waals surface area (Å²) in [5, 5.41) is 10.7. The average Bonchev–Trinajstić information content (AvgIpc) is 3.05. The van der Waals surface area contributed by atoms with Gasteiger partial charge in [-0.25, -0.2) is 13.2 Å². The molecule has 0 aliphatic heterocycles. The number of benzene rings is 1. The summed E-state index contributed by atoms with van der Waals surface area (Å²) < 4.78 is 24.4. The summed E-state index contributed by atoms with van der Waals surface area (Å²) in [5.74, 6) is -3.01. The maximum absolute atomic E-state index is 12.6. The summed E-state index contributed by atoms with van der Waals surface area (Å²) in [5.41, 5.74) is 9.69. The van der Waals surface area contributed by atoms with Gasteiger partial charge < -0.3 is 20.9 Å². The smallest absolute Gasteiger partial charge is 0.326 e. The quantitative estimate of drug-likeness (QED) is 0.284. The van der Waals surface area contributed by atoms with Crippen LogP contribution in [0.5, 0.6) is 0 Å². The summed E-state index contributed by atoms with van der Waals surface area (Å²) in [6, 6.07) is 5.71. The van der Waals surface area contributed by atoms with Gasteiger partial charge in [-0.3, -0.25) is 9.59 Å². The summed E-state index contributed by atoms with van der Waals surface area (Å²) >= 11 is 0. The van der Waals surface area contributed by atoms with E-state index < -0.39 is 38.8 Å². The fourth-order valence-electron chi connectivity index (χ4n) is 2.88. The van der Waals surface area contributed by atoms with Crippen LogP contribution >= 0.6 is 0 Å². The van der Waals surface area contributed by atoms with Crippen LogP contribution in [0.15, 0.2) is 30.5 Å². The number of aromatic nitrogens is 1. The van der Waals surface area contributed by atoms with Crippen molar-refractivity contribution in [2.45, 2.75) is 30.6 Å². The molecule has 2 aromatic rings. The highest BCUT2D eigenvalue weighted by Gasteiger charge is 2.33. The van der Waals surface area contributed by atoms with E-state index in [0.29, 0.717) is 11.8 Å². The van der Waals surface area contributed by atoms with Gasteiger partial charge >= 0.3 is 12.2 Å². The number of fused-ring (bicyclic) bond motifs is 1. The van der Waals surface area contributed by atoms with E-state index in [1.807, 2.05) is 12.1 Å². The number of Topliss-reactive ketones (excluding diaryl/α,β-unsaturated/α-hetero) is 1. The molecule has 0 spiro atoms. The number of nitrogens with zero attached hydrogens (tertiary/aromatic N) is 2. The third kappa shape index (κ3) is 5.84. The van der Waals surface area contributed by atoms with Crippen LogP contribution in [-0.2, 0) is 30.6 Å². The molecule has 3 N–H and O–H groups in total. The molecule has 10 nitrogen and oxygen atoms in total. The molecule has 0 unspecified atom stereocenters. The van der Waals surface area contributed by atoms with Crippen molar-refractivity contribution < 1.29 is 32.7 Å². The van der Waals surface area contributed by atoms with Gasteiger partial charge in [0.2, 0.25) is 11.7 Å². The van der Waals surface area contributed by atoms with E-state index in [2.05, 4.69) is 15.1 Å². The largest absolute Gasteiger partial charge is 0.480 e. The van der Waals surface area contributed by atoms with E-state index in [1.165, 1.54) is 0 Å². The molecule has 154 valence electrons. The number of carbonyl (C=O) groups is 3. The van der Waals surface area contributed by atoms with Gasteiger partial charge in [-0.15, -0.1) is 0 Å². The van der Waals surface area contributed by atoms with E-state index in [9.17, 15) is 27.9 Å². The number of aromatic amines is 1. The van der Waals surface area contributed by atoms with Crippen LogP contribution in [0.1, 0.15) is 18.4 Å². The average molecular weight is 420 g/mol. The van der Waals surface area contributed by atoms with Crippen LogP contribution in [-0.4, -0.2) is 64.7 Å². The number of H-pyrrole nitrogens is 1. The lowest BCUT2D eigenvalue weighted by atomic mass is 10.1. The minimum atomic E-state index is -3.86. The molecule has 0 radical (unpaired) electrons. The molecule has 0 aliphatic carbocycles. The first-order valence-corrected chi connectivity index (χ1v) is 10.6. The predicted molar refractivity (Wildman–Crippen MR) is 104 cm³/mol. The Morgan fingerprint density at radius 3 is 2.62 bits per heavy atom. The van der Waals surface area contributed by atoms with Gasteiger partial charge in [-0.1, -0.05) is 18.2 Å². The second-order valence-corrected chi connectivity index (χ2v) is 8.76. The standard InChI is InChI=1S/C18H20N4O6S/c1-29(27,28)16(8-11-9-20-14-5-3-2-4-13(11)14)17(24)22-15(18(25)26)7-6-12(23)10-21-19/h2-5,9-10,15-16,20H,6-8H2,1H3,(H,22,24)(H,25,26)/t15-,16-/m0/s1. The summed E-state index contributed by atoms with van der Waals surface area (Å²) in [6.07, 6.45) is 2.41. The molecule has 0 fully saturated rings.